The Bertz CT molecular complexity index is 903. The largest absolute Gasteiger partial charge is 0.336 e. The van der Waals surface area contributed by atoms with Crippen molar-refractivity contribution in [3.63, 3.8) is 0 Å². The van der Waals surface area contributed by atoms with E-state index < -0.39 is 0 Å². The van der Waals surface area contributed by atoms with Gasteiger partial charge in [0, 0.05) is 19.2 Å². The maximum Gasteiger partial charge on any atom is 0.265 e. The molecule has 2 aromatic heterocycles. The number of carbonyl (C=O) groups is 1. The Morgan fingerprint density at radius 2 is 2.25 bits per heavy atom. The molecule has 124 valence electrons. The molecule has 0 bridgehead atoms. The number of aromatic nitrogens is 3. The van der Waals surface area contributed by atoms with Crippen molar-refractivity contribution in [3.8, 4) is 0 Å². The summed E-state index contributed by atoms with van der Waals surface area (Å²) in [7, 11) is 0. The first kappa shape index (κ1) is 15.3. The van der Waals surface area contributed by atoms with Gasteiger partial charge >= 0.3 is 0 Å². The number of rotatable bonds is 2. The third-order valence-corrected chi connectivity index (χ3v) is 5.47. The lowest BCUT2D eigenvalue weighted by atomic mass is 10.0. The molecule has 1 fully saturated rings. The summed E-state index contributed by atoms with van der Waals surface area (Å²) < 4.78 is 15.4. The lowest BCUT2D eigenvalue weighted by Gasteiger charge is -2.33. The van der Waals surface area contributed by atoms with E-state index in [-0.39, 0.29) is 17.8 Å². The highest BCUT2D eigenvalue weighted by Crippen LogP contribution is 2.27. The minimum absolute atomic E-state index is 0.0511. The topological polar surface area (TPSA) is 51.0 Å². The molecule has 1 aliphatic rings. The predicted molar refractivity (Wildman–Crippen MR) is 90.7 cm³/mol. The molecule has 0 radical (unpaired) electrons. The Kier molecular flexibility index (Phi) is 3.80. The average Bonchev–Trinajstić information content (AvgIpc) is 3.20. The maximum absolute atomic E-state index is 13.3. The molecular weight excluding hydrogens is 327 g/mol. The molecule has 4 rings (SSSR count). The van der Waals surface area contributed by atoms with Gasteiger partial charge in [-0.3, -0.25) is 4.79 Å². The van der Waals surface area contributed by atoms with Crippen molar-refractivity contribution in [2.75, 3.05) is 13.1 Å². The molecule has 1 amide bonds. The van der Waals surface area contributed by atoms with Gasteiger partial charge in [-0.05, 0) is 31.9 Å². The molecule has 3 heterocycles. The lowest BCUT2D eigenvalue weighted by Crippen LogP contribution is -2.40. The van der Waals surface area contributed by atoms with Crippen molar-refractivity contribution in [1.82, 2.24) is 19.4 Å². The fraction of sp³-hybridized carbons (Fsp3) is 0.353. The van der Waals surface area contributed by atoms with Gasteiger partial charge in [0.15, 0.2) is 0 Å². The Balaban J connectivity index is 1.60. The van der Waals surface area contributed by atoms with Crippen LogP contribution >= 0.6 is 11.3 Å². The molecule has 0 unspecified atom stereocenters. The second-order valence-corrected chi connectivity index (χ2v) is 6.95. The molecule has 0 aliphatic carbocycles. The van der Waals surface area contributed by atoms with Crippen LogP contribution in [0.2, 0.25) is 0 Å². The van der Waals surface area contributed by atoms with Gasteiger partial charge < -0.3 is 9.47 Å². The van der Waals surface area contributed by atoms with Gasteiger partial charge in [0.1, 0.15) is 10.7 Å². The predicted octanol–water partition coefficient (Wildman–Crippen LogP) is 3.42. The number of thiazole rings is 1. The Morgan fingerprint density at radius 1 is 1.38 bits per heavy atom. The van der Waals surface area contributed by atoms with Crippen LogP contribution in [-0.4, -0.2) is 38.4 Å². The zero-order chi connectivity index (χ0) is 16.7. The van der Waals surface area contributed by atoms with E-state index in [1.165, 1.54) is 23.5 Å². The second-order valence-electron chi connectivity index (χ2n) is 6.10. The Morgan fingerprint density at radius 3 is 3.04 bits per heavy atom. The smallest absolute Gasteiger partial charge is 0.265 e. The van der Waals surface area contributed by atoms with Crippen LogP contribution in [0.25, 0.3) is 11.0 Å². The Hall–Kier alpha value is -2.28. The van der Waals surface area contributed by atoms with E-state index in [0.29, 0.717) is 16.9 Å². The van der Waals surface area contributed by atoms with Gasteiger partial charge in [-0.25, -0.2) is 14.4 Å². The normalized spacial score (nSPS) is 18.2. The standard InChI is InChI=1S/C17H17FN4OS/c1-11-16(24-10-20-11)17(23)21-6-2-3-13(8-21)22-9-19-14-7-12(18)4-5-15(14)22/h4-5,7,9-10,13H,2-3,6,8H2,1H3/t13-/m1/s1. The first-order valence-electron chi connectivity index (χ1n) is 7.95. The molecule has 24 heavy (non-hydrogen) atoms. The number of amides is 1. The molecule has 0 saturated carbocycles. The number of hydrogen-bond acceptors (Lipinski definition) is 4. The van der Waals surface area contributed by atoms with Crippen LogP contribution in [0.5, 0.6) is 0 Å². The fourth-order valence-corrected chi connectivity index (χ4v) is 4.08. The van der Waals surface area contributed by atoms with Crippen molar-refractivity contribution in [1.29, 1.82) is 0 Å². The van der Waals surface area contributed by atoms with Gasteiger partial charge in [-0.15, -0.1) is 11.3 Å². The van der Waals surface area contributed by atoms with Crippen molar-refractivity contribution >= 4 is 28.3 Å². The molecular formula is C17H17FN4OS. The van der Waals surface area contributed by atoms with E-state index in [1.54, 1.807) is 17.9 Å². The number of hydrogen-bond donors (Lipinski definition) is 0. The zero-order valence-corrected chi connectivity index (χ0v) is 14.1. The molecule has 3 aromatic rings. The van der Waals surface area contributed by atoms with Crippen molar-refractivity contribution < 1.29 is 9.18 Å². The highest BCUT2D eigenvalue weighted by molar-refractivity contribution is 7.11. The summed E-state index contributed by atoms with van der Waals surface area (Å²) in [5, 5.41) is 0. The zero-order valence-electron chi connectivity index (χ0n) is 13.3. The SMILES string of the molecule is Cc1ncsc1C(=O)N1CCC[C@@H](n2cnc3cc(F)ccc32)C1. The number of nitrogens with zero attached hydrogens (tertiary/aromatic N) is 4. The number of aryl methyl sites for hydroxylation is 1. The number of imidazole rings is 1. The minimum Gasteiger partial charge on any atom is -0.336 e. The maximum atomic E-state index is 13.3. The second kappa shape index (κ2) is 5.98. The van der Waals surface area contributed by atoms with E-state index in [9.17, 15) is 9.18 Å². The number of piperidine rings is 1. The fourth-order valence-electron chi connectivity index (χ4n) is 3.31. The van der Waals surface area contributed by atoms with Crippen LogP contribution in [-0.2, 0) is 0 Å². The quantitative estimate of drug-likeness (QED) is 0.716. The molecule has 1 aliphatic heterocycles. The average molecular weight is 344 g/mol. The summed E-state index contributed by atoms with van der Waals surface area (Å²) in [6.45, 7) is 3.26. The number of fused-ring (bicyclic) bond motifs is 1. The van der Waals surface area contributed by atoms with E-state index in [2.05, 4.69) is 14.5 Å². The third-order valence-electron chi connectivity index (χ3n) is 4.55. The molecule has 1 aromatic carbocycles. The van der Waals surface area contributed by atoms with Crippen LogP contribution in [0.3, 0.4) is 0 Å². The third kappa shape index (κ3) is 2.58. The van der Waals surface area contributed by atoms with Gasteiger partial charge in [0.25, 0.3) is 5.91 Å². The van der Waals surface area contributed by atoms with E-state index in [0.717, 1.165) is 30.6 Å². The molecule has 0 N–H and O–H groups in total. The molecule has 7 heteroatoms. The van der Waals surface area contributed by atoms with Crippen LogP contribution in [0, 0.1) is 12.7 Å². The molecule has 1 atom stereocenters. The van der Waals surface area contributed by atoms with Gasteiger partial charge in [-0.1, -0.05) is 0 Å². The van der Waals surface area contributed by atoms with Crippen molar-refractivity contribution in [3.05, 3.63) is 46.4 Å². The number of carbonyl (C=O) groups excluding carboxylic acids is 1. The van der Waals surface area contributed by atoms with Crippen LogP contribution in [0.1, 0.15) is 34.2 Å². The van der Waals surface area contributed by atoms with Crippen molar-refractivity contribution in [2.45, 2.75) is 25.8 Å². The first-order chi connectivity index (χ1) is 11.6. The number of likely N-dealkylation sites (tertiary alicyclic amines) is 1. The highest BCUT2D eigenvalue weighted by atomic mass is 32.1. The summed E-state index contributed by atoms with van der Waals surface area (Å²) in [6, 6.07) is 4.81. The summed E-state index contributed by atoms with van der Waals surface area (Å²) in [4.78, 5) is 23.8. The summed E-state index contributed by atoms with van der Waals surface area (Å²) in [6.07, 6.45) is 3.67. The first-order valence-corrected chi connectivity index (χ1v) is 8.83. The van der Waals surface area contributed by atoms with Crippen molar-refractivity contribution in [2.24, 2.45) is 0 Å². The monoisotopic (exact) mass is 344 g/mol. The Labute approximate surface area is 142 Å². The van der Waals surface area contributed by atoms with Crippen LogP contribution in [0.15, 0.2) is 30.0 Å². The number of benzene rings is 1. The van der Waals surface area contributed by atoms with E-state index in [4.69, 9.17) is 0 Å². The van der Waals surface area contributed by atoms with Gasteiger partial charge in [0.05, 0.1) is 34.6 Å². The van der Waals surface area contributed by atoms with Crippen LogP contribution < -0.4 is 0 Å². The molecule has 5 nitrogen and oxygen atoms in total. The molecule has 1 saturated heterocycles. The summed E-state index contributed by atoms with van der Waals surface area (Å²) >= 11 is 1.39. The van der Waals surface area contributed by atoms with Gasteiger partial charge in [-0.2, -0.15) is 0 Å². The lowest BCUT2D eigenvalue weighted by molar-refractivity contribution is 0.0685. The summed E-state index contributed by atoms with van der Waals surface area (Å²) in [5.41, 5.74) is 4.05. The van der Waals surface area contributed by atoms with Gasteiger partial charge in [0.2, 0.25) is 0 Å². The van der Waals surface area contributed by atoms with Crippen LogP contribution in [0.4, 0.5) is 4.39 Å². The molecule has 0 spiro atoms. The summed E-state index contributed by atoms with van der Waals surface area (Å²) in [5.74, 6) is -0.232. The van der Waals surface area contributed by atoms with E-state index >= 15 is 0 Å². The highest BCUT2D eigenvalue weighted by Gasteiger charge is 2.27. The van der Waals surface area contributed by atoms with E-state index in [1.807, 2.05) is 11.8 Å². The number of halogens is 1. The minimum atomic E-state index is -0.283.